The van der Waals surface area contributed by atoms with Gasteiger partial charge in [0.1, 0.15) is 5.75 Å². The Balaban J connectivity index is 1.95. The standard InChI is InChI=1S/C14H20BrNO3S/c1-11-5-6-13(15)8-14(11)19-10-12-4-3-7-16(9-12)20(2,17)18/h5-6,8,12H,3-4,7,9-10H2,1-2H3. The first-order valence-electron chi connectivity index (χ1n) is 6.70. The minimum Gasteiger partial charge on any atom is -0.493 e. The van der Waals surface area contributed by atoms with Gasteiger partial charge >= 0.3 is 0 Å². The molecule has 0 radical (unpaired) electrons. The first-order chi connectivity index (χ1) is 9.36. The van der Waals surface area contributed by atoms with Gasteiger partial charge in [-0.15, -0.1) is 0 Å². The van der Waals surface area contributed by atoms with Gasteiger partial charge in [-0.25, -0.2) is 12.7 Å². The molecule has 20 heavy (non-hydrogen) atoms. The van der Waals surface area contributed by atoms with Crippen LogP contribution in [0, 0.1) is 12.8 Å². The zero-order valence-electron chi connectivity index (χ0n) is 11.8. The van der Waals surface area contributed by atoms with E-state index in [0.717, 1.165) is 28.6 Å². The molecule has 0 spiro atoms. The van der Waals surface area contributed by atoms with Crippen molar-refractivity contribution in [2.24, 2.45) is 5.92 Å². The molecular formula is C14H20BrNO3S. The summed E-state index contributed by atoms with van der Waals surface area (Å²) in [7, 11) is -3.09. The quantitative estimate of drug-likeness (QED) is 0.828. The van der Waals surface area contributed by atoms with Crippen LogP contribution in [0.3, 0.4) is 0 Å². The number of aryl methyl sites for hydroxylation is 1. The maximum Gasteiger partial charge on any atom is 0.211 e. The Bertz CT molecular complexity index is 574. The first kappa shape index (κ1) is 15.8. The molecule has 2 rings (SSSR count). The van der Waals surface area contributed by atoms with Gasteiger partial charge in [-0.3, -0.25) is 0 Å². The van der Waals surface area contributed by atoms with Crippen molar-refractivity contribution in [2.75, 3.05) is 26.0 Å². The fourth-order valence-corrected chi connectivity index (χ4v) is 3.68. The SMILES string of the molecule is Cc1ccc(Br)cc1OCC1CCCN(S(C)(=O)=O)C1. The van der Waals surface area contributed by atoms with Crippen molar-refractivity contribution in [1.29, 1.82) is 0 Å². The summed E-state index contributed by atoms with van der Waals surface area (Å²) < 4.78 is 31.6. The number of rotatable bonds is 4. The molecule has 1 fully saturated rings. The molecule has 1 aromatic rings. The number of ether oxygens (including phenoxy) is 1. The summed E-state index contributed by atoms with van der Waals surface area (Å²) in [6, 6.07) is 5.93. The Morgan fingerprint density at radius 2 is 2.20 bits per heavy atom. The molecule has 1 unspecified atom stereocenters. The van der Waals surface area contributed by atoms with Gasteiger partial charge in [-0.1, -0.05) is 22.0 Å². The minimum atomic E-state index is -3.09. The lowest BCUT2D eigenvalue weighted by Gasteiger charge is -2.30. The smallest absolute Gasteiger partial charge is 0.211 e. The third-order valence-corrected chi connectivity index (χ3v) is 5.34. The summed E-state index contributed by atoms with van der Waals surface area (Å²) in [5.74, 6) is 1.12. The third-order valence-electron chi connectivity index (χ3n) is 3.58. The summed E-state index contributed by atoms with van der Waals surface area (Å²) in [6.07, 6.45) is 3.19. The normalized spacial score (nSPS) is 20.9. The third kappa shape index (κ3) is 4.20. The monoisotopic (exact) mass is 361 g/mol. The summed E-state index contributed by atoms with van der Waals surface area (Å²) >= 11 is 3.43. The van der Waals surface area contributed by atoms with Crippen molar-refractivity contribution in [3.63, 3.8) is 0 Å². The highest BCUT2D eigenvalue weighted by Gasteiger charge is 2.26. The number of halogens is 1. The summed E-state index contributed by atoms with van der Waals surface area (Å²) in [5.41, 5.74) is 1.09. The highest BCUT2D eigenvalue weighted by Crippen LogP contribution is 2.25. The Kier molecular flexibility index (Phi) is 5.09. The number of nitrogens with zero attached hydrogens (tertiary/aromatic N) is 1. The zero-order valence-corrected chi connectivity index (χ0v) is 14.2. The predicted molar refractivity (Wildman–Crippen MR) is 83.5 cm³/mol. The van der Waals surface area contributed by atoms with E-state index in [1.54, 1.807) is 4.31 Å². The molecule has 1 atom stereocenters. The van der Waals surface area contributed by atoms with E-state index >= 15 is 0 Å². The molecule has 0 aliphatic carbocycles. The summed E-state index contributed by atoms with van der Waals surface area (Å²) in [6.45, 7) is 3.76. The maximum atomic E-state index is 11.6. The zero-order chi connectivity index (χ0) is 14.8. The first-order valence-corrected chi connectivity index (χ1v) is 9.34. The van der Waals surface area contributed by atoms with Crippen LogP contribution in [0.4, 0.5) is 0 Å². The van der Waals surface area contributed by atoms with Crippen LogP contribution in [-0.4, -0.2) is 38.7 Å². The average Bonchev–Trinajstić information content (AvgIpc) is 2.39. The van der Waals surface area contributed by atoms with Crippen LogP contribution in [0.15, 0.2) is 22.7 Å². The lowest BCUT2D eigenvalue weighted by Crippen LogP contribution is -2.40. The van der Waals surface area contributed by atoms with E-state index < -0.39 is 10.0 Å². The van der Waals surface area contributed by atoms with Gasteiger partial charge in [0.15, 0.2) is 0 Å². The molecular weight excluding hydrogens is 342 g/mol. The molecule has 1 aliphatic heterocycles. The van der Waals surface area contributed by atoms with Gasteiger partial charge in [0.2, 0.25) is 10.0 Å². The molecule has 0 aromatic heterocycles. The highest BCUT2D eigenvalue weighted by atomic mass is 79.9. The number of hydrogen-bond acceptors (Lipinski definition) is 3. The predicted octanol–water partition coefficient (Wildman–Crippen LogP) is 2.81. The van der Waals surface area contributed by atoms with Gasteiger partial charge in [-0.2, -0.15) is 0 Å². The number of sulfonamides is 1. The second kappa shape index (κ2) is 6.45. The van der Waals surface area contributed by atoms with E-state index in [2.05, 4.69) is 15.9 Å². The van der Waals surface area contributed by atoms with Crippen molar-refractivity contribution in [1.82, 2.24) is 4.31 Å². The summed E-state index contributed by atoms with van der Waals surface area (Å²) in [4.78, 5) is 0. The summed E-state index contributed by atoms with van der Waals surface area (Å²) in [5, 5.41) is 0. The molecule has 1 aliphatic rings. The maximum absolute atomic E-state index is 11.6. The molecule has 0 N–H and O–H groups in total. The molecule has 1 saturated heterocycles. The lowest BCUT2D eigenvalue weighted by molar-refractivity contribution is 0.180. The van der Waals surface area contributed by atoms with Gasteiger partial charge in [-0.05, 0) is 37.5 Å². The minimum absolute atomic E-state index is 0.261. The van der Waals surface area contributed by atoms with Crippen molar-refractivity contribution in [2.45, 2.75) is 19.8 Å². The molecule has 0 bridgehead atoms. The average molecular weight is 362 g/mol. The van der Waals surface area contributed by atoms with E-state index in [1.165, 1.54) is 6.26 Å². The van der Waals surface area contributed by atoms with Crippen LogP contribution in [0.2, 0.25) is 0 Å². The Morgan fingerprint density at radius 1 is 1.45 bits per heavy atom. The van der Waals surface area contributed by atoms with Crippen LogP contribution >= 0.6 is 15.9 Å². The van der Waals surface area contributed by atoms with Crippen LogP contribution in [0.25, 0.3) is 0 Å². The van der Waals surface area contributed by atoms with Gasteiger partial charge < -0.3 is 4.74 Å². The van der Waals surface area contributed by atoms with E-state index in [9.17, 15) is 8.42 Å². The fourth-order valence-electron chi connectivity index (χ4n) is 2.40. The van der Waals surface area contributed by atoms with Gasteiger partial charge in [0.05, 0.1) is 12.9 Å². The number of hydrogen-bond donors (Lipinski definition) is 0. The molecule has 6 heteroatoms. The van der Waals surface area contributed by atoms with Gasteiger partial charge in [0.25, 0.3) is 0 Å². The van der Waals surface area contributed by atoms with Crippen molar-refractivity contribution < 1.29 is 13.2 Å². The second-order valence-corrected chi connectivity index (χ2v) is 8.25. The van der Waals surface area contributed by atoms with Crippen LogP contribution in [0.1, 0.15) is 18.4 Å². The Labute approximate surface area is 129 Å². The largest absolute Gasteiger partial charge is 0.493 e. The Morgan fingerprint density at radius 3 is 2.90 bits per heavy atom. The van der Waals surface area contributed by atoms with Crippen LogP contribution < -0.4 is 4.74 Å². The topological polar surface area (TPSA) is 46.6 Å². The van der Waals surface area contributed by atoms with Crippen molar-refractivity contribution >= 4 is 26.0 Å². The molecule has 1 aromatic carbocycles. The molecule has 4 nitrogen and oxygen atoms in total. The van der Waals surface area contributed by atoms with E-state index in [0.29, 0.717) is 19.7 Å². The van der Waals surface area contributed by atoms with E-state index in [-0.39, 0.29) is 5.92 Å². The number of benzene rings is 1. The molecule has 1 heterocycles. The molecule has 0 saturated carbocycles. The second-order valence-electron chi connectivity index (χ2n) is 5.35. The van der Waals surface area contributed by atoms with E-state index in [4.69, 9.17) is 4.74 Å². The van der Waals surface area contributed by atoms with Crippen molar-refractivity contribution in [3.8, 4) is 5.75 Å². The van der Waals surface area contributed by atoms with Crippen molar-refractivity contribution in [3.05, 3.63) is 28.2 Å². The van der Waals surface area contributed by atoms with Gasteiger partial charge in [0, 0.05) is 23.5 Å². The Hall–Kier alpha value is -0.590. The molecule has 112 valence electrons. The lowest BCUT2D eigenvalue weighted by atomic mass is 10.0. The van der Waals surface area contributed by atoms with E-state index in [1.807, 2.05) is 25.1 Å². The number of piperidine rings is 1. The molecule has 0 amide bonds. The highest BCUT2D eigenvalue weighted by molar-refractivity contribution is 9.10. The fraction of sp³-hybridized carbons (Fsp3) is 0.571. The van der Waals surface area contributed by atoms with Crippen LogP contribution in [-0.2, 0) is 10.0 Å². The van der Waals surface area contributed by atoms with Crippen LogP contribution in [0.5, 0.6) is 5.75 Å².